The van der Waals surface area contributed by atoms with Gasteiger partial charge in [0.15, 0.2) is 11.6 Å². The summed E-state index contributed by atoms with van der Waals surface area (Å²) in [6.45, 7) is 7.76. The first-order chi connectivity index (χ1) is 9.71. The van der Waals surface area contributed by atoms with Gasteiger partial charge in [0.1, 0.15) is 11.9 Å². The molecule has 0 spiro atoms. The smallest absolute Gasteiger partial charge is 0.407 e. The third-order valence-electron chi connectivity index (χ3n) is 2.46. The van der Waals surface area contributed by atoms with Crippen LogP contribution in [0.5, 0.6) is 0 Å². The molecule has 0 fully saturated rings. The molecular formula is C14H22N2O5. The Labute approximate surface area is 124 Å². The third-order valence-corrected chi connectivity index (χ3v) is 2.46. The minimum atomic E-state index is -0.537. The molecule has 118 valence electrons. The monoisotopic (exact) mass is 298 g/mol. The van der Waals surface area contributed by atoms with Crippen LogP contribution in [0.25, 0.3) is 0 Å². The fraction of sp³-hybridized carbons (Fsp3) is 0.643. The normalized spacial score (nSPS) is 12.6. The zero-order chi connectivity index (χ0) is 16.0. The van der Waals surface area contributed by atoms with Gasteiger partial charge in [-0.1, -0.05) is 6.92 Å². The quantitative estimate of drug-likeness (QED) is 0.838. The van der Waals surface area contributed by atoms with Crippen LogP contribution in [0.2, 0.25) is 0 Å². The molecule has 1 aromatic rings. The van der Waals surface area contributed by atoms with Gasteiger partial charge in [-0.05, 0) is 26.7 Å². The molecule has 0 saturated heterocycles. The van der Waals surface area contributed by atoms with E-state index in [1.165, 1.54) is 13.4 Å². The van der Waals surface area contributed by atoms with E-state index in [0.29, 0.717) is 18.9 Å². The molecule has 0 radical (unpaired) electrons. The number of hydrogen-bond donors (Lipinski definition) is 1. The van der Waals surface area contributed by atoms with E-state index in [1.807, 2.05) is 6.92 Å². The van der Waals surface area contributed by atoms with Crippen LogP contribution in [0.4, 0.5) is 4.79 Å². The van der Waals surface area contributed by atoms with Crippen LogP contribution in [0.15, 0.2) is 10.7 Å². The summed E-state index contributed by atoms with van der Waals surface area (Å²) in [5.41, 5.74) is -0.384. The molecule has 1 unspecified atom stereocenters. The summed E-state index contributed by atoms with van der Waals surface area (Å²) in [5, 5.41) is 2.68. The predicted molar refractivity (Wildman–Crippen MR) is 74.9 cm³/mol. The molecule has 1 atom stereocenters. The zero-order valence-corrected chi connectivity index (χ0v) is 13.1. The maximum Gasteiger partial charge on any atom is 0.407 e. The Morgan fingerprint density at radius 3 is 2.67 bits per heavy atom. The fourth-order valence-corrected chi connectivity index (χ4v) is 1.54. The van der Waals surface area contributed by atoms with E-state index < -0.39 is 17.7 Å². The van der Waals surface area contributed by atoms with Crippen molar-refractivity contribution in [1.82, 2.24) is 10.3 Å². The molecule has 1 aromatic heterocycles. The van der Waals surface area contributed by atoms with E-state index >= 15 is 0 Å². The van der Waals surface area contributed by atoms with E-state index in [9.17, 15) is 9.59 Å². The molecule has 0 aromatic carbocycles. The number of ether oxygens (including phenoxy) is 2. The SMILES string of the molecule is COC(=O)c1coc(CC(C)CNC(=O)OC(C)(C)C)n1. The first-order valence-corrected chi connectivity index (χ1v) is 6.71. The molecule has 0 aliphatic rings. The van der Waals surface area contributed by atoms with Crippen LogP contribution >= 0.6 is 0 Å². The van der Waals surface area contributed by atoms with Crippen molar-refractivity contribution in [2.45, 2.75) is 39.7 Å². The Morgan fingerprint density at radius 2 is 2.10 bits per heavy atom. The molecule has 0 aliphatic heterocycles. The van der Waals surface area contributed by atoms with Gasteiger partial charge in [0.2, 0.25) is 0 Å². The Bertz CT molecular complexity index is 490. The van der Waals surface area contributed by atoms with Gasteiger partial charge in [0.25, 0.3) is 0 Å². The number of amides is 1. The van der Waals surface area contributed by atoms with Gasteiger partial charge in [0.05, 0.1) is 7.11 Å². The summed E-state index contributed by atoms with van der Waals surface area (Å²) in [4.78, 5) is 26.8. The highest BCUT2D eigenvalue weighted by atomic mass is 16.6. The van der Waals surface area contributed by atoms with Crippen LogP contribution in [-0.2, 0) is 15.9 Å². The number of methoxy groups -OCH3 is 1. The van der Waals surface area contributed by atoms with Crippen LogP contribution in [0.3, 0.4) is 0 Å². The number of nitrogens with one attached hydrogen (secondary N) is 1. The molecule has 0 aliphatic carbocycles. The van der Waals surface area contributed by atoms with Crippen molar-refractivity contribution in [2.75, 3.05) is 13.7 Å². The number of alkyl carbamates (subject to hydrolysis) is 1. The van der Waals surface area contributed by atoms with Crippen LogP contribution in [0, 0.1) is 5.92 Å². The lowest BCUT2D eigenvalue weighted by molar-refractivity contribution is 0.0518. The maximum atomic E-state index is 11.5. The second kappa shape index (κ2) is 7.10. The first kappa shape index (κ1) is 17.0. The second-order valence-corrected chi connectivity index (χ2v) is 5.81. The van der Waals surface area contributed by atoms with Gasteiger partial charge in [-0.25, -0.2) is 14.6 Å². The fourth-order valence-electron chi connectivity index (χ4n) is 1.54. The van der Waals surface area contributed by atoms with Crippen molar-refractivity contribution < 1.29 is 23.5 Å². The number of rotatable bonds is 5. The van der Waals surface area contributed by atoms with Gasteiger partial charge in [-0.15, -0.1) is 0 Å². The number of carbonyl (C=O) groups is 2. The van der Waals surface area contributed by atoms with Crippen molar-refractivity contribution >= 4 is 12.1 Å². The van der Waals surface area contributed by atoms with E-state index in [0.717, 1.165) is 0 Å². The topological polar surface area (TPSA) is 90.7 Å². The number of oxazole rings is 1. The summed E-state index contributed by atoms with van der Waals surface area (Å²) in [7, 11) is 1.28. The summed E-state index contributed by atoms with van der Waals surface area (Å²) < 4.78 is 14.9. The average molecular weight is 298 g/mol. The third kappa shape index (κ3) is 6.29. The number of aromatic nitrogens is 1. The van der Waals surface area contributed by atoms with Crippen molar-refractivity contribution in [3.05, 3.63) is 17.8 Å². The van der Waals surface area contributed by atoms with Crippen molar-refractivity contribution in [2.24, 2.45) is 5.92 Å². The Balaban J connectivity index is 2.40. The Morgan fingerprint density at radius 1 is 1.43 bits per heavy atom. The molecule has 0 saturated carbocycles. The standard InChI is InChI=1S/C14H22N2O5/c1-9(7-15-13(18)21-14(2,3)4)6-11-16-10(8-20-11)12(17)19-5/h8-9H,6-7H2,1-5H3,(H,15,18). The molecule has 7 heteroatoms. The molecule has 0 bridgehead atoms. The number of hydrogen-bond acceptors (Lipinski definition) is 6. The summed E-state index contributed by atoms with van der Waals surface area (Å²) in [6.07, 6.45) is 1.29. The number of esters is 1. The zero-order valence-electron chi connectivity index (χ0n) is 13.1. The highest BCUT2D eigenvalue weighted by molar-refractivity contribution is 5.86. The van der Waals surface area contributed by atoms with Crippen molar-refractivity contribution in [3.8, 4) is 0 Å². The van der Waals surface area contributed by atoms with Gasteiger partial charge in [-0.2, -0.15) is 0 Å². The highest BCUT2D eigenvalue weighted by Crippen LogP contribution is 2.10. The summed E-state index contributed by atoms with van der Waals surface area (Å²) in [6, 6.07) is 0. The Kier molecular flexibility index (Phi) is 5.75. The highest BCUT2D eigenvalue weighted by Gasteiger charge is 2.18. The number of carbonyl (C=O) groups excluding carboxylic acids is 2. The molecule has 1 N–H and O–H groups in total. The van der Waals surface area contributed by atoms with Gasteiger partial charge in [0, 0.05) is 13.0 Å². The average Bonchev–Trinajstić information content (AvgIpc) is 2.82. The van der Waals surface area contributed by atoms with E-state index in [2.05, 4.69) is 15.0 Å². The lowest BCUT2D eigenvalue weighted by Crippen LogP contribution is -2.35. The molecule has 1 rings (SSSR count). The van der Waals surface area contributed by atoms with Crippen molar-refractivity contribution in [3.63, 3.8) is 0 Å². The summed E-state index contributed by atoms with van der Waals surface area (Å²) >= 11 is 0. The summed E-state index contributed by atoms with van der Waals surface area (Å²) in [5.74, 6) is -0.0277. The molecule has 1 heterocycles. The van der Waals surface area contributed by atoms with Crippen LogP contribution < -0.4 is 5.32 Å². The second-order valence-electron chi connectivity index (χ2n) is 5.81. The predicted octanol–water partition coefficient (Wildman–Crippen LogP) is 2.16. The first-order valence-electron chi connectivity index (χ1n) is 6.71. The van der Waals surface area contributed by atoms with Crippen molar-refractivity contribution in [1.29, 1.82) is 0 Å². The van der Waals surface area contributed by atoms with Gasteiger partial charge in [-0.3, -0.25) is 0 Å². The van der Waals surface area contributed by atoms with Crippen LogP contribution in [0.1, 0.15) is 44.1 Å². The lowest BCUT2D eigenvalue weighted by Gasteiger charge is -2.20. The largest absolute Gasteiger partial charge is 0.464 e. The molecular weight excluding hydrogens is 276 g/mol. The van der Waals surface area contributed by atoms with Crippen LogP contribution in [-0.4, -0.2) is 36.3 Å². The van der Waals surface area contributed by atoms with Gasteiger partial charge < -0.3 is 19.2 Å². The number of nitrogens with zero attached hydrogens (tertiary/aromatic N) is 1. The van der Waals surface area contributed by atoms with Gasteiger partial charge >= 0.3 is 12.1 Å². The molecule has 21 heavy (non-hydrogen) atoms. The maximum absolute atomic E-state index is 11.5. The molecule has 1 amide bonds. The van der Waals surface area contributed by atoms with E-state index in [-0.39, 0.29) is 11.6 Å². The Hall–Kier alpha value is -2.05. The molecule has 7 nitrogen and oxygen atoms in total. The lowest BCUT2D eigenvalue weighted by atomic mass is 10.1. The minimum Gasteiger partial charge on any atom is -0.464 e. The van der Waals surface area contributed by atoms with E-state index in [1.54, 1.807) is 20.8 Å². The van der Waals surface area contributed by atoms with E-state index in [4.69, 9.17) is 9.15 Å². The minimum absolute atomic E-state index is 0.0849.